The predicted octanol–water partition coefficient (Wildman–Crippen LogP) is 2.87. The molecule has 0 fully saturated rings. The van der Waals surface area contributed by atoms with E-state index in [0.29, 0.717) is 0 Å². The Labute approximate surface area is 109 Å². The van der Waals surface area contributed by atoms with Gasteiger partial charge < -0.3 is 9.84 Å². The summed E-state index contributed by atoms with van der Waals surface area (Å²) in [5.41, 5.74) is 0.988. The van der Waals surface area contributed by atoms with Crippen LogP contribution in [0.5, 0.6) is 11.6 Å². The molecule has 2 heterocycles. The van der Waals surface area contributed by atoms with Crippen molar-refractivity contribution < 1.29 is 14.2 Å². The van der Waals surface area contributed by atoms with E-state index in [1.165, 1.54) is 0 Å². The molecule has 0 amide bonds. The van der Waals surface area contributed by atoms with Crippen LogP contribution in [0.15, 0.2) is 48.7 Å². The van der Waals surface area contributed by atoms with Gasteiger partial charge in [-0.05, 0) is 30.3 Å². The molecule has 1 aromatic carbocycles. The van der Waals surface area contributed by atoms with Crippen molar-refractivity contribution in [3.63, 3.8) is 0 Å². The van der Waals surface area contributed by atoms with Gasteiger partial charge in [0.25, 0.3) is 4.83 Å². The molecule has 3 nitrogen and oxygen atoms in total. The summed E-state index contributed by atoms with van der Waals surface area (Å²) in [5.74, 6) is 1.09. The summed E-state index contributed by atoms with van der Waals surface area (Å²) in [6.07, 6.45) is 1.86. The van der Waals surface area contributed by atoms with Crippen molar-refractivity contribution in [2.45, 2.75) is 0 Å². The van der Waals surface area contributed by atoms with Crippen LogP contribution < -0.4 is 9.14 Å². The molecule has 0 atom stereocenters. The summed E-state index contributed by atoms with van der Waals surface area (Å²) in [5, 5.41) is 10.2. The molecular weight excluding hydrogens is 246 g/mol. The lowest BCUT2D eigenvalue weighted by molar-refractivity contribution is -0.517. The summed E-state index contributed by atoms with van der Waals surface area (Å²) in [6, 6.07) is 13.5. The Bertz CT molecular complexity index is 689. The number of methoxy groups -OCH3 is 1. The molecule has 2 aromatic heterocycles. The van der Waals surface area contributed by atoms with Gasteiger partial charge in [-0.25, -0.2) is 0 Å². The molecule has 1 N–H and O–H groups in total. The van der Waals surface area contributed by atoms with Gasteiger partial charge in [-0.1, -0.05) is 11.3 Å². The molecule has 0 saturated heterocycles. The SMILES string of the molecule is COc1ccc(-c2sc3cccc[n+]3c2O)cc1. The summed E-state index contributed by atoms with van der Waals surface area (Å²) in [6.45, 7) is 0. The number of hydrogen-bond acceptors (Lipinski definition) is 3. The minimum absolute atomic E-state index is 0.278. The van der Waals surface area contributed by atoms with E-state index in [2.05, 4.69) is 0 Å². The zero-order valence-electron chi connectivity index (χ0n) is 9.83. The van der Waals surface area contributed by atoms with E-state index < -0.39 is 0 Å². The van der Waals surface area contributed by atoms with E-state index >= 15 is 0 Å². The maximum absolute atomic E-state index is 10.2. The van der Waals surface area contributed by atoms with Gasteiger partial charge in [0.05, 0.1) is 7.11 Å². The van der Waals surface area contributed by atoms with Crippen LogP contribution in [0.3, 0.4) is 0 Å². The number of hydrogen-bond donors (Lipinski definition) is 1. The number of benzene rings is 1. The molecule has 18 heavy (non-hydrogen) atoms. The Hall–Kier alpha value is -2.07. The molecular formula is C14H12NO2S+. The van der Waals surface area contributed by atoms with Crippen LogP contribution in [0.1, 0.15) is 0 Å². The Morgan fingerprint density at radius 1 is 1.11 bits per heavy atom. The topological polar surface area (TPSA) is 33.6 Å². The molecule has 0 bridgehead atoms. The van der Waals surface area contributed by atoms with Gasteiger partial charge in [-0.15, -0.1) is 4.40 Å². The predicted molar refractivity (Wildman–Crippen MR) is 71.1 cm³/mol. The Morgan fingerprint density at radius 2 is 1.89 bits per heavy atom. The first-order chi connectivity index (χ1) is 8.79. The van der Waals surface area contributed by atoms with E-state index in [0.717, 1.165) is 21.0 Å². The third kappa shape index (κ3) is 1.71. The van der Waals surface area contributed by atoms with Gasteiger partial charge in [0.1, 0.15) is 5.75 Å². The third-order valence-electron chi connectivity index (χ3n) is 2.81. The number of ether oxygens (including phenoxy) is 1. The van der Waals surface area contributed by atoms with Crippen LogP contribution >= 0.6 is 11.3 Å². The zero-order chi connectivity index (χ0) is 12.5. The van der Waals surface area contributed by atoms with Crippen LogP contribution in [-0.2, 0) is 0 Å². The van der Waals surface area contributed by atoms with Gasteiger partial charge >= 0.3 is 5.88 Å². The van der Waals surface area contributed by atoms with Crippen LogP contribution in [0.2, 0.25) is 0 Å². The first-order valence-corrected chi connectivity index (χ1v) is 6.38. The fourth-order valence-corrected chi connectivity index (χ4v) is 2.92. The van der Waals surface area contributed by atoms with Crippen molar-refractivity contribution >= 4 is 16.2 Å². The van der Waals surface area contributed by atoms with E-state index in [9.17, 15) is 5.11 Å². The smallest absolute Gasteiger partial charge is 0.390 e. The molecule has 0 spiro atoms. The first-order valence-electron chi connectivity index (χ1n) is 5.56. The largest absolute Gasteiger partial charge is 0.497 e. The lowest BCUT2D eigenvalue weighted by atomic mass is 10.2. The van der Waals surface area contributed by atoms with E-state index in [-0.39, 0.29) is 5.88 Å². The number of aromatic nitrogens is 1. The number of thiazole rings is 1. The van der Waals surface area contributed by atoms with E-state index in [1.54, 1.807) is 22.8 Å². The standard InChI is InChI=1S/C14H11NO2S/c1-17-11-7-5-10(6-8-11)13-14(16)15-9-3-2-4-12(15)18-13/h2-9H,1H3/p+1. The highest BCUT2D eigenvalue weighted by atomic mass is 32.1. The lowest BCUT2D eigenvalue weighted by Gasteiger charge is -1.99. The lowest BCUT2D eigenvalue weighted by Crippen LogP contribution is -2.16. The minimum atomic E-state index is 0.278. The van der Waals surface area contributed by atoms with Gasteiger partial charge in [0, 0.05) is 17.7 Å². The molecule has 4 heteroatoms. The van der Waals surface area contributed by atoms with Crippen LogP contribution in [0.25, 0.3) is 15.3 Å². The number of fused-ring (bicyclic) bond motifs is 1. The molecule has 90 valence electrons. The average Bonchev–Trinajstić information content (AvgIpc) is 2.77. The normalized spacial score (nSPS) is 10.7. The fraction of sp³-hybridized carbons (Fsp3) is 0.0714. The quantitative estimate of drug-likeness (QED) is 0.717. The van der Waals surface area contributed by atoms with E-state index in [4.69, 9.17) is 4.74 Å². The van der Waals surface area contributed by atoms with Crippen molar-refractivity contribution in [2.75, 3.05) is 7.11 Å². The summed E-state index contributed by atoms with van der Waals surface area (Å²) in [7, 11) is 1.64. The summed E-state index contributed by atoms with van der Waals surface area (Å²) in [4.78, 5) is 1.88. The second-order valence-corrected chi connectivity index (χ2v) is 4.92. The van der Waals surface area contributed by atoms with Crippen molar-refractivity contribution in [3.8, 4) is 22.1 Å². The molecule has 3 aromatic rings. The second-order valence-electron chi connectivity index (χ2n) is 3.89. The first kappa shape index (κ1) is 11.0. The summed E-state index contributed by atoms with van der Waals surface area (Å²) < 4.78 is 6.91. The van der Waals surface area contributed by atoms with Crippen molar-refractivity contribution in [2.24, 2.45) is 0 Å². The van der Waals surface area contributed by atoms with Crippen molar-refractivity contribution in [1.29, 1.82) is 0 Å². The number of rotatable bonds is 2. The molecule has 0 saturated carbocycles. The average molecular weight is 258 g/mol. The maximum Gasteiger partial charge on any atom is 0.390 e. The van der Waals surface area contributed by atoms with Crippen LogP contribution in [0, 0.1) is 0 Å². The molecule has 0 aliphatic heterocycles. The van der Waals surface area contributed by atoms with Crippen LogP contribution in [0.4, 0.5) is 0 Å². The highest BCUT2D eigenvalue weighted by molar-refractivity contribution is 7.20. The molecule has 0 unspecified atom stereocenters. The van der Waals surface area contributed by atoms with Gasteiger partial charge in [-0.3, -0.25) is 0 Å². The highest BCUT2D eigenvalue weighted by Gasteiger charge is 2.20. The monoisotopic (exact) mass is 258 g/mol. The third-order valence-corrected chi connectivity index (χ3v) is 3.98. The molecule has 0 radical (unpaired) electrons. The Kier molecular flexibility index (Phi) is 2.64. The second kappa shape index (κ2) is 4.31. The van der Waals surface area contributed by atoms with Crippen molar-refractivity contribution in [1.82, 2.24) is 0 Å². The maximum atomic E-state index is 10.2. The van der Waals surface area contributed by atoms with E-state index in [1.807, 2.05) is 48.7 Å². The minimum Gasteiger partial charge on any atom is -0.497 e. The fourth-order valence-electron chi connectivity index (χ4n) is 1.88. The van der Waals surface area contributed by atoms with Crippen LogP contribution in [-0.4, -0.2) is 12.2 Å². The van der Waals surface area contributed by atoms with Crippen molar-refractivity contribution in [3.05, 3.63) is 48.7 Å². The van der Waals surface area contributed by atoms with Gasteiger partial charge in [-0.2, -0.15) is 0 Å². The number of pyridine rings is 1. The highest BCUT2D eigenvalue weighted by Crippen LogP contribution is 2.34. The summed E-state index contributed by atoms with van der Waals surface area (Å²) >= 11 is 1.56. The molecule has 3 rings (SSSR count). The number of aromatic hydroxyl groups is 1. The Morgan fingerprint density at radius 3 is 2.56 bits per heavy atom. The molecule has 0 aliphatic rings. The van der Waals surface area contributed by atoms with Gasteiger partial charge in [0.15, 0.2) is 11.1 Å². The zero-order valence-corrected chi connectivity index (χ0v) is 10.6. The Balaban J connectivity index is 2.15. The number of nitrogens with zero attached hydrogens (tertiary/aromatic N) is 1. The molecule has 0 aliphatic carbocycles. The van der Waals surface area contributed by atoms with Gasteiger partial charge in [0.2, 0.25) is 0 Å².